The number of aryl methyl sites for hydroxylation is 3. The van der Waals surface area contributed by atoms with Crippen LogP contribution in [-0.4, -0.2) is 21.0 Å². The van der Waals surface area contributed by atoms with Crippen molar-refractivity contribution in [3.8, 4) is 11.3 Å². The average molecular weight is 258 g/mol. The van der Waals surface area contributed by atoms with Crippen LogP contribution in [0.2, 0.25) is 0 Å². The first-order valence-corrected chi connectivity index (χ1v) is 5.81. The number of H-pyrrole nitrogens is 1. The van der Waals surface area contributed by atoms with Crippen LogP contribution in [0.5, 0.6) is 0 Å². The second-order valence-corrected chi connectivity index (χ2v) is 4.53. The summed E-state index contributed by atoms with van der Waals surface area (Å²) in [5.41, 5.74) is 3.51. The Morgan fingerprint density at radius 1 is 1.16 bits per heavy atom. The van der Waals surface area contributed by atoms with Crippen molar-refractivity contribution in [3.63, 3.8) is 0 Å². The van der Waals surface area contributed by atoms with Crippen molar-refractivity contribution in [1.29, 1.82) is 0 Å². The van der Waals surface area contributed by atoms with Crippen molar-refractivity contribution in [2.75, 3.05) is 0 Å². The van der Waals surface area contributed by atoms with Gasteiger partial charge in [0.15, 0.2) is 0 Å². The molecule has 0 saturated heterocycles. The van der Waals surface area contributed by atoms with E-state index < -0.39 is 11.7 Å². The van der Waals surface area contributed by atoms with Gasteiger partial charge in [0.25, 0.3) is 0 Å². The van der Waals surface area contributed by atoms with E-state index in [0.29, 0.717) is 11.3 Å². The van der Waals surface area contributed by atoms with Gasteiger partial charge in [-0.3, -0.25) is 0 Å². The number of nitrogens with zero attached hydrogens (tertiary/aromatic N) is 1. The van der Waals surface area contributed by atoms with Gasteiger partial charge in [0.1, 0.15) is 5.56 Å². The molecule has 1 aromatic carbocycles. The Bertz CT molecular complexity index is 717. The maximum Gasteiger partial charge on any atom is 0.345 e. The molecule has 19 heavy (non-hydrogen) atoms. The van der Waals surface area contributed by atoms with Crippen LogP contribution in [0, 0.1) is 20.8 Å². The Kier molecular flexibility index (Phi) is 3.21. The van der Waals surface area contributed by atoms with Gasteiger partial charge in [0.05, 0.1) is 5.69 Å². The lowest BCUT2D eigenvalue weighted by atomic mass is 9.96. The minimum Gasteiger partial charge on any atom is -0.478 e. The summed E-state index contributed by atoms with van der Waals surface area (Å²) in [5, 5.41) is 9.17. The molecule has 0 bridgehead atoms. The molecule has 2 rings (SSSR count). The summed E-state index contributed by atoms with van der Waals surface area (Å²) >= 11 is 0. The fraction of sp³-hybridized carbons (Fsp3) is 0.214. The highest BCUT2D eigenvalue weighted by molar-refractivity contribution is 5.94. The number of aromatic carboxylic acids is 1. The summed E-state index contributed by atoms with van der Waals surface area (Å²) in [7, 11) is 0. The molecular weight excluding hydrogens is 244 g/mol. The first-order chi connectivity index (χ1) is 8.90. The number of nitrogens with one attached hydrogen (secondary N) is 1. The molecule has 0 fully saturated rings. The third kappa shape index (κ3) is 2.40. The number of aromatic amines is 1. The zero-order chi connectivity index (χ0) is 14.2. The monoisotopic (exact) mass is 258 g/mol. The van der Waals surface area contributed by atoms with Crippen LogP contribution in [0.3, 0.4) is 0 Å². The molecule has 0 radical (unpaired) electrons. The van der Waals surface area contributed by atoms with Gasteiger partial charge in [0, 0.05) is 11.8 Å². The molecule has 98 valence electrons. The van der Waals surface area contributed by atoms with Crippen molar-refractivity contribution in [1.82, 2.24) is 9.97 Å². The van der Waals surface area contributed by atoms with Crippen LogP contribution in [-0.2, 0) is 0 Å². The highest BCUT2D eigenvalue weighted by Gasteiger charge is 2.15. The molecule has 0 aliphatic carbocycles. The molecule has 0 aliphatic heterocycles. The number of carboxylic acid groups (broad SMARTS) is 1. The van der Waals surface area contributed by atoms with E-state index in [1.54, 1.807) is 0 Å². The number of hydrogen-bond acceptors (Lipinski definition) is 3. The minimum atomic E-state index is -1.11. The number of aromatic nitrogens is 2. The third-order valence-electron chi connectivity index (χ3n) is 3.15. The van der Waals surface area contributed by atoms with Gasteiger partial charge in [-0.15, -0.1) is 0 Å². The fourth-order valence-electron chi connectivity index (χ4n) is 2.00. The van der Waals surface area contributed by atoms with Crippen LogP contribution in [0.4, 0.5) is 0 Å². The van der Waals surface area contributed by atoms with Crippen LogP contribution in [0.15, 0.2) is 23.1 Å². The minimum absolute atomic E-state index is 0.00838. The van der Waals surface area contributed by atoms with Crippen LogP contribution >= 0.6 is 0 Å². The largest absolute Gasteiger partial charge is 0.478 e. The van der Waals surface area contributed by atoms with Gasteiger partial charge in [-0.2, -0.15) is 0 Å². The Morgan fingerprint density at radius 2 is 1.79 bits per heavy atom. The maximum atomic E-state index is 11.3. The van der Waals surface area contributed by atoms with Crippen molar-refractivity contribution in [2.24, 2.45) is 0 Å². The summed E-state index contributed by atoms with van der Waals surface area (Å²) in [4.78, 5) is 28.5. The van der Waals surface area contributed by atoms with Gasteiger partial charge in [-0.1, -0.05) is 6.07 Å². The quantitative estimate of drug-likeness (QED) is 0.863. The summed E-state index contributed by atoms with van der Waals surface area (Å²) in [6, 6.07) is 3.84. The lowest BCUT2D eigenvalue weighted by Gasteiger charge is -2.11. The molecule has 2 N–H and O–H groups in total. The zero-order valence-electron chi connectivity index (χ0n) is 10.9. The Labute approximate surface area is 110 Å². The summed E-state index contributed by atoms with van der Waals surface area (Å²) < 4.78 is 0. The van der Waals surface area contributed by atoms with Gasteiger partial charge in [0.2, 0.25) is 0 Å². The summed E-state index contributed by atoms with van der Waals surface area (Å²) in [6.07, 6.45) is 1.09. The Balaban J connectivity index is 2.78. The van der Waals surface area contributed by atoms with E-state index >= 15 is 0 Å². The smallest absolute Gasteiger partial charge is 0.345 e. The van der Waals surface area contributed by atoms with Crippen molar-refractivity contribution in [2.45, 2.75) is 20.8 Å². The standard InChI is InChI=1S/C14H14N2O3/c1-7-4-9(3)10(5-8(7)2)12-11(13(17)18)6-15-14(19)16-12/h4-6H,1-3H3,(H,17,18)(H,15,16,19). The SMILES string of the molecule is Cc1cc(C)c(-c2[nH]c(=O)ncc2C(=O)O)cc1C. The molecule has 0 atom stereocenters. The molecule has 5 heteroatoms. The molecule has 1 heterocycles. The first kappa shape index (κ1) is 13.0. The molecule has 1 aromatic heterocycles. The van der Waals surface area contributed by atoms with Gasteiger partial charge in [-0.25, -0.2) is 14.6 Å². The topological polar surface area (TPSA) is 83.0 Å². The number of carbonyl (C=O) groups is 1. The average Bonchev–Trinajstić information content (AvgIpc) is 2.33. The molecule has 0 aliphatic rings. The molecule has 0 saturated carbocycles. The Morgan fingerprint density at radius 3 is 2.42 bits per heavy atom. The van der Waals surface area contributed by atoms with Crippen molar-refractivity contribution < 1.29 is 9.90 Å². The third-order valence-corrected chi connectivity index (χ3v) is 3.15. The predicted molar refractivity (Wildman–Crippen MR) is 71.5 cm³/mol. The van der Waals surface area contributed by atoms with Gasteiger partial charge in [-0.05, 0) is 43.5 Å². The predicted octanol–water partition coefficient (Wildman–Crippen LogP) is 2.06. The van der Waals surface area contributed by atoms with E-state index in [4.69, 9.17) is 0 Å². The highest BCUT2D eigenvalue weighted by Crippen LogP contribution is 2.26. The highest BCUT2D eigenvalue weighted by atomic mass is 16.4. The summed E-state index contributed by atoms with van der Waals surface area (Å²) in [6.45, 7) is 5.81. The number of benzene rings is 1. The molecule has 0 spiro atoms. The van der Waals surface area contributed by atoms with Crippen LogP contribution in [0.25, 0.3) is 11.3 Å². The number of rotatable bonds is 2. The summed E-state index contributed by atoms with van der Waals surface area (Å²) in [5.74, 6) is -1.11. The molecule has 0 unspecified atom stereocenters. The fourth-order valence-corrected chi connectivity index (χ4v) is 2.00. The van der Waals surface area contributed by atoms with Crippen molar-refractivity contribution in [3.05, 3.63) is 51.1 Å². The second kappa shape index (κ2) is 4.68. The van der Waals surface area contributed by atoms with Gasteiger partial charge < -0.3 is 10.1 Å². The van der Waals surface area contributed by atoms with Crippen molar-refractivity contribution >= 4 is 5.97 Å². The number of hydrogen-bond donors (Lipinski definition) is 2. The molecule has 5 nitrogen and oxygen atoms in total. The normalized spacial score (nSPS) is 10.5. The first-order valence-electron chi connectivity index (χ1n) is 5.81. The Hall–Kier alpha value is -2.43. The van der Waals surface area contributed by atoms with E-state index in [1.807, 2.05) is 32.9 Å². The number of carboxylic acids is 1. The zero-order valence-corrected chi connectivity index (χ0v) is 10.9. The molecule has 2 aromatic rings. The lowest BCUT2D eigenvalue weighted by molar-refractivity contribution is 0.0697. The van der Waals surface area contributed by atoms with E-state index in [0.717, 1.165) is 22.9 Å². The maximum absolute atomic E-state index is 11.3. The van der Waals surface area contributed by atoms with E-state index in [9.17, 15) is 14.7 Å². The van der Waals surface area contributed by atoms with E-state index in [1.165, 1.54) is 0 Å². The lowest BCUT2D eigenvalue weighted by Crippen LogP contribution is -2.15. The van der Waals surface area contributed by atoms with E-state index in [-0.39, 0.29) is 5.56 Å². The van der Waals surface area contributed by atoms with Crippen LogP contribution in [0.1, 0.15) is 27.0 Å². The second-order valence-electron chi connectivity index (χ2n) is 4.53. The van der Waals surface area contributed by atoms with Gasteiger partial charge >= 0.3 is 11.7 Å². The van der Waals surface area contributed by atoms with Crippen LogP contribution < -0.4 is 5.69 Å². The molecule has 0 amide bonds. The van der Waals surface area contributed by atoms with E-state index in [2.05, 4.69) is 9.97 Å². The molecular formula is C14H14N2O3.